The molecule has 18 heavy (non-hydrogen) atoms. The Morgan fingerprint density at radius 1 is 0.778 bits per heavy atom. The zero-order valence-corrected chi connectivity index (χ0v) is 8.88. The fraction of sp³-hybridized carbons (Fsp3) is 0. The van der Waals surface area contributed by atoms with Crippen LogP contribution in [-0.2, 0) is 0 Å². The molecule has 1 nitrogen and oxygen atoms in total. The molecular weight excluding hydrogens is 248 g/mol. The van der Waals surface area contributed by atoms with Crippen molar-refractivity contribution in [3.05, 3.63) is 70.8 Å². The van der Waals surface area contributed by atoms with E-state index in [0.717, 1.165) is 24.3 Å². The number of hydrogen-bond donors (Lipinski definition) is 0. The molecule has 0 saturated heterocycles. The fourth-order valence-corrected chi connectivity index (χ4v) is 1.47. The van der Waals surface area contributed by atoms with Gasteiger partial charge in [0.15, 0.2) is 17.4 Å². The monoisotopic (exact) mass is 254 g/mol. The molecule has 5 heteroatoms. The molecule has 0 amide bonds. The highest BCUT2D eigenvalue weighted by molar-refractivity contribution is 6.09. The predicted molar refractivity (Wildman–Crippen MR) is 56.1 cm³/mol. The maximum absolute atomic E-state index is 13.3. The normalized spacial score (nSPS) is 10.4. The summed E-state index contributed by atoms with van der Waals surface area (Å²) >= 11 is 0. The Balaban J connectivity index is 2.44. The van der Waals surface area contributed by atoms with Crippen LogP contribution in [0.4, 0.5) is 17.6 Å². The summed E-state index contributed by atoms with van der Waals surface area (Å²) in [6, 6.07) is 4.88. The van der Waals surface area contributed by atoms with E-state index < -0.39 is 34.6 Å². The molecule has 0 unspecified atom stereocenters. The summed E-state index contributed by atoms with van der Waals surface area (Å²) < 4.78 is 51.6. The Labute approximate surface area is 99.7 Å². The van der Waals surface area contributed by atoms with Gasteiger partial charge in [0.2, 0.25) is 0 Å². The maximum atomic E-state index is 13.3. The van der Waals surface area contributed by atoms with Crippen LogP contribution < -0.4 is 0 Å². The molecule has 0 aliphatic rings. The zero-order valence-electron chi connectivity index (χ0n) is 8.88. The van der Waals surface area contributed by atoms with E-state index >= 15 is 0 Å². The van der Waals surface area contributed by atoms with E-state index in [2.05, 4.69) is 0 Å². The molecule has 0 bridgehead atoms. The largest absolute Gasteiger partial charge is 0.288 e. The van der Waals surface area contributed by atoms with E-state index in [1.165, 1.54) is 0 Å². The van der Waals surface area contributed by atoms with Gasteiger partial charge in [-0.05, 0) is 30.3 Å². The van der Waals surface area contributed by atoms with Gasteiger partial charge < -0.3 is 0 Å². The summed E-state index contributed by atoms with van der Waals surface area (Å²) in [5.74, 6) is -5.03. The van der Waals surface area contributed by atoms with E-state index in [1.807, 2.05) is 0 Å². The first-order chi connectivity index (χ1) is 8.49. The Kier molecular flexibility index (Phi) is 3.14. The molecule has 0 N–H and O–H groups in total. The highest BCUT2D eigenvalue weighted by atomic mass is 19.2. The molecule has 0 aromatic heterocycles. The Morgan fingerprint density at radius 3 is 2.11 bits per heavy atom. The Hall–Kier alpha value is -2.17. The van der Waals surface area contributed by atoms with Gasteiger partial charge >= 0.3 is 0 Å². The lowest BCUT2D eigenvalue weighted by Gasteiger charge is -2.03. The molecule has 0 aliphatic carbocycles. The smallest absolute Gasteiger partial charge is 0.196 e. The minimum Gasteiger partial charge on any atom is -0.288 e. The number of halogens is 4. The minimum atomic E-state index is -1.21. The van der Waals surface area contributed by atoms with Gasteiger partial charge in [-0.1, -0.05) is 0 Å². The third-order valence-electron chi connectivity index (χ3n) is 2.36. The summed E-state index contributed by atoms with van der Waals surface area (Å²) in [6.07, 6.45) is 0. The van der Waals surface area contributed by atoms with Gasteiger partial charge in [-0.25, -0.2) is 17.6 Å². The SMILES string of the molecule is O=C(c1ccc(F)c(F)c1)c1ccc(F)cc1F. The van der Waals surface area contributed by atoms with E-state index in [0.29, 0.717) is 12.1 Å². The van der Waals surface area contributed by atoms with E-state index in [9.17, 15) is 22.4 Å². The van der Waals surface area contributed by atoms with Gasteiger partial charge in [0, 0.05) is 11.6 Å². The highest BCUT2D eigenvalue weighted by Gasteiger charge is 2.16. The van der Waals surface area contributed by atoms with Crippen molar-refractivity contribution in [3.8, 4) is 0 Å². The van der Waals surface area contributed by atoms with Gasteiger partial charge in [0.1, 0.15) is 11.6 Å². The van der Waals surface area contributed by atoms with Crippen LogP contribution in [-0.4, -0.2) is 5.78 Å². The van der Waals surface area contributed by atoms with Crippen molar-refractivity contribution in [2.75, 3.05) is 0 Å². The first-order valence-electron chi connectivity index (χ1n) is 4.94. The molecule has 0 saturated carbocycles. The van der Waals surface area contributed by atoms with Crippen LogP contribution in [0.3, 0.4) is 0 Å². The third-order valence-corrected chi connectivity index (χ3v) is 2.36. The van der Waals surface area contributed by atoms with Crippen molar-refractivity contribution in [3.63, 3.8) is 0 Å². The van der Waals surface area contributed by atoms with Crippen molar-refractivity contribution in [1.29, 1.82) is 0 Å². The number of carbonyl (C=O) groups is 1. The predicted octanol–water partition coefficient (Wildman–Crippen LogP) is 3.47. The average Bonchev–Trinajstić information content (AvgIpc) is 2.32. The first kappa shape index (κ1) is 12.3. The molecule has 2 aromatic rings. The average molecular weight is 254 g/mol. The summed E-state index contributed by atoms with van der Waals surface area (Å²) in [7, 11) is 0. The standard InChI is InChI=1S/C13H6F4O/c14-8-2-3-9(11(16)6-8)13(18)7-1-4-10(15)12(17)5-7/h1-6H. The molecule has 0 aliphatic heterocycles. The highest BCUT2D eigenvalue weighted by Crippen LogP contribution is 2.16. The number of rotatable bonds is 2. The lowest BCUT2D eigenvalue weighted by atomic mass is 10.0. The van der Waals surface area contributed by atoms with Crippen molar-refractivity contribution in [1.82, 2.24) is 0 Å². The number of benzene rings is 2. The van der Waals surface area contributed by atoms with E-state index in [4.69, 9.17) is 0 Å². The second kappa shape index (κ2) is 4.60. The van der Waals surface area contributed by atoms with Crippen LogP contribution >= 0.6 is 0 Å². The molecule has 0 atom stereocenters. The minimum absolute atomic E-state index is 0.209. The molecule has 0 radical (unpaired) electrons. The van der Waals surface area contributed by atoms with Crippen LogP contribution in [0.25, 0.3) is 0 Å². The summed E-state index contributed by atoms with van der Waals surface area (Å²) in [5.41, 5.74) is -0.609. The molecule has 92 valence electrons. The fourth-order valence-electron chi connectivity index (χ4n) is 1.47. The van der Waals surface area contributed by atoms with Crippen molar-refractivity contribution < 1.29 is 22.4 Å². The second-order valence-corrected chi connectivity index (χ2v) is 3.58. The Bertz CT molecular complexity index is 622. The second-order valence-electron chi connectivity index (χ2n) is 3.58. The number of ketones is 1. The summed E-state index contributed by atoms with van der Waals surface area (Å²) in [4.78, 5) is 11.8. The molecule has 0 spiro atoms. The van der Waals surface area contributed by atoms with Crippen LogP contribution in [0, 0.1) is 23.3 Å². The van der Waals surface area contributed by atoms with Gasteiger partial charge in [-0.3, -0.25) is 4.79 Å². The number of hydrogen-bond acceptors (Lipinski definition) is 1. The van der Waals surface area contributed by atoms with Crippen molar-refractivity contribution in [2.45, 2.75) is 0 Å². The molecule has 0 fully saturated rings. The number of carbonyl (C=O) groups excluding carboxylic acids is 1. The quantitative estimate of drug-likeness (QED) is 0.592. The van der Waals surface area contributed by atoms with Gasteiger partial charge in [0.05, 0.1) is 5.56 Å². The lowest BCUT2D eigenvalue weighted by Crippen LogP contribution is -2.05. The molecule has 0 heterocycles. The van der Waals surface area contributed by atoms with Crippen LogP contribution in [0.1, 0.15) is 15.9 Å². The van der Waals surface area contributed by atoms with Crippen LogP contribution in [0.2, 0.25) is 0 Å². The first-order valence-corrected chi connectivity index (χ1v) is 4.94. The molecule has 2 rings (SSSR count). The van der Waals surface area contributed by atoms with Gasteiger partial charge in [0.25, 0.3) is 0 Å². The van der Waals surface area contributed by atoms with Gasteiger partial charge in [-0.2, -0.15) is 0 Å². The molecule has 2 aromatic carbocycles. The zero-order chi connectivity index (χ0) is 13.3. The summed E-state index contributed by atoms with van der Waals surface area (Å²) in [5, 5.41) is 0. The van der Waals surface area contributed by atoms with Crippen molar-refractivity contribution >= 4 is 5.78 Å². The Morgan fingerprint density at radius 2 is 1.50 bits per heavy atom. The summed E-state index contributed by atoms with van der Waals surface area (Å²) in [6.45, 7) is 0. The van der Waals surface area contributed by atoms with Crippen LogP contribution in [0.5, 0.6) is 0 Å². The molecular formula is C13H6F4O. The van der Waals surface area contributed by atoms with Crippen molar-refractivity contribution in [2.24, 2.45) is 0 Å². The van der Waals surface area contributed by atoms with E-state index in [1.54, 1.807) is 0 Å². The topological polar surface area (TPSA) is 17.1 Å². The van der Waals surface area contributed by atoms with Gasteiger partial charge in [-0.15, -0.1) is 0 Å². The lowest BCUT2D eigenvalue weighted by molar-refractivity contribution is 0.103. The third kappa shape index (κ3) is 2.25. The van der Waals surface area contributed by atoms with E-state index in [-0.39, 0.29) is 5.56 Å². The van der Waals surface area contributed by atoms with Crippen LogP contribution in [0.15, 0.2) is 36.4 Å². The maximum Gasteiger partial charge on any atom is 0.196 e.